The van der Waals surface area contributed by atoms with Crippen molar-refractivity contribution < 1.29 is 9.18 Å². The van der Waals surface area contributed by atoms with Gasteiger partial charge < -0.3 is 0 Å². The van der Waals surface area contributed by atoms with Gasteiger partial charge in [-0.3, -0.25) is 0 Å². The van der Waals surface area contributed by atoms with Gasteiger partial charge in [-0.15, -0.1) is 0 Å². The van der Waals surface area contributed by atoms with Crippen molar-refractivity contribution in [1.29, 1.82) is 0 Å². The molecule has 1 aliphatic carbocycles. The minimum Gasteiger partial charge on any atom is -0.211 e. The van der Waals surface area contributed by atoms with E-state index in [9.17, 15) is 9.18 Å². The molecule has 0 spiro atoms. The van der Waals surface area contributed by atoms with Crippen molar-refractivity contribution in [2.24, 2.45) is 4.99 Å². The first-order valence-electron chi connectivity index (χ1n) is 5.56. The molecule has 17 heavy (non-hydrogen) atoms. The van der Waals surface area contributed by atoms with E-state index in [2.05, 4.69) is 4.99 Å². The molecule has 2 nitrogen and oxygen atoms in total. The Morgan fingerprint density at radius 1 is 1.47 bits per heavy atom. The molecule has 0 heterocycles. The Morgan fingerprint density at radius 2 is 2.12 bits per heavy atom. The molecular weight excluding hydrogens is 241 g/mol. The Bertz CT molecular complexity index is 490. The van der Waals surface area contributed by atoms with Crippen LogP contribution in [0.5, 0.6) is 0 Å². The molecular formula is C13H13ClFNO. The van der Waals surface area contributed by atoms with Crippen LogP contribution < -0.4 is 0 Å². The fraction of sp³-hybridized carbons (Fsp3) is 0.462. The summed E-state index contributed by atoms with van der Waals surface area (Å²) in [5.41, 5.74) is 1.76. The highest BCUT2D eigenvalue weighted by molar-refractivity contribution is 6.31. The van der Waals surface area contributed by atoms with Crippen LogP contribution in [0.4, 0.5) is 4.39 Å². The summed E-state index contributed by atoms with van der Waals surface area (Å²) < 4.78 is 13.7. The highest BCUT2D eigenvalue weighted by Gasteiger charge is 2.42. The standard InChI is InChI=1S/C13H13ClFNO/c1-8-6-10(15)12(14)11(9(8)2)13(16-7-17)4-3-5-13/h6H,3-5H2,1-2H3. The summed E-state index contributed by atoms with van der Waals surface area (Å²) >= 11 is 6.04. The van der Waals surface area contributed by atoms with Crippen molar-refractivity contribution in [3.8, 4) is 0 Å². The maximum absolute atomic E-state index is 13.7. The predicted octanol–water partition coefficient (Wildman–Crippen LogP) is 3.81. The Morgan fingerprint density at radius 3 is 2.59 bits per heavy atom. The molecule has 1 saturated carbocycles. The molecule has 0 aromatic heterocycles. The summed E-state index contributed by atoms with van der Waals surface area (Å²) in [4.78, 5) is 14.4. The third-order valence-electron chi connectivity index (χ3n) is 3.64. The number of hydrogen-bond acceptors (Lipinski definition) is 2. The van der Waals surface area contributed by atoms with Crippen molar-refractivity contribution in [3.63, 3.8) is 0 Å². The number of isocyanates is 1. The molecule has 2 rings (SSSR count). The zero-order valence-corrected chi connectivity index (χ0v) is 10.6. The Balaban J connectivity index is 2.69. The van der Waals surface area contributed by atoms with Gasteiger partial charge in [-0.25, -0.2) is 9.18 Å². The first kappa shape index (κ1) is 12.3. The number of carbonyl (C=O) groups excluding carboxylic acids is 1. The quantitative estimate of drug-likeness (QED) is 0.582. The van der Waals surface area contributed by atoms with Gasteiger partial charge in [-0.1, -0.05) is 11.6 Å². The number of benzene rings is 1. The third kappa shape index (κ3) is 1.80. The number of hydrogen-bond donors (Lipinski definition) is 0. The Labute approximate surface area is 105 Å². The second-order valence-electron chi connectivity index (χ2n) is 4.58. The minimum atomic E-state index is -0.643. The summed E-state index contributed by atoms with van der Waals surface area (Å²) in [5.74, 6) is -0.447. The minimum absolute atomic E-state index is 0.0896. The lowest BCUT2D eigenvalue weighted by molar-refractivity contribution is 0.254. The molecule has 0 N–H and O–H groups in total. The fourth-order valence-electron chi connectivity index (χ4n) is 2.41. The average molecular weight is 254 g/mol. The molecule has 90 valence electrons. The lowest BCUT2D eigenvalue weighted by Crippen LogP contribution is -2.33. The van der Waals surface area contributed by atoms with Crippen LogP contribution in [-0.4, -0.2) is 6.08 Å². The van der Waals surface area contributed by atoms with E-state index in [1.165, 1.54) is 6.07 Å². The van der Waals surface area contributed by atoms with Gasteiger partial charge >= 0.3 is 0 Å². The maximum Gasteiger partial charge on any atom is 0.235 e. The second kappa shape index (κ2) is 4.25. The number of aryl methyl sites for hydroxylation is 1. The van der Waals surface area contributed by atoms with Crippen molar-refractivity contribution >= 4 is 17.7 Å². The van der Waals surface area contributed by atoms with Crippen LogP contribution in [0.2, 0.25) is 5.02 Å². The molecule has 0 saturated heterocycles. The van der Waals surface area contributed by atoms with Crippen LogP contribution in [-0.2, 0) is 10.3 Å². The van der Waals surface area contributed by atoms with Gasteiger partial charge in [0, 0.05) is 5.56 Å². The van der Waals surface area contributed by atoms with E-state index < -0.39 is 11.4 Å². The van der Waals surface area contributed by atoms with Crippen molar-refractivity contribution in [2.75, 3.05) is 0 Å². The molecule has 0 atom stereocenters. The van der Waals surface area contributed by atoms with Crippen LogP contribution >= 0.6 is 11.6 Å². The first-order valence-corrected chi connectivity index (χ1v) is 5.94. The fourth-order valence-corrected chi connectivity index (χ4v) is 2.79. The summed E-state index contributed by atoms with van der Waals surface area (Å²) in [5, 5.41) is 0.0896. The SMILES string of the molecule is Cc1cc(F)c(Cl)c(C2(N=C=O)CCC2)c1C. The third-order valence-corrected chi connectivity index (χ3v) is 4.01. The van der Waals surface area contributed by atoms with Gasteiger partial charge in [-0.05, 0) is 50.3 Å². The van der Waals surface area contributed by atoms with Crippen molar-refractivity contribution in [2.45, 2.75) is 38.6 Å². The van der Waals surface area contributed by atoms with E-state index in [1.807, 2.05) is 13.8 Å². The zero-order chi connectivity index (χ0) is 12.6. The molecule has 1 aromatic carbocycles. The van der Waals surface area contributed by atoms with Gasteiger partial charge in [0.15, 0.2) is 0 Å². The van der Waals surface area contributed by atoms with Gasteiger partial charge in [0.2, 0.25) is 6.08 Å². The Kier molecular flexibility index (Phi) is 3.07. The first-order chi connectivity index (χ1) is 8.02. The molecule has 1 aliphatic rings. The molecule has 1 aromatic rings. The highest BCUT2D eigenvalue weighted by Crippen LogP contribution is 2.49. The van der Waals surface area contributed by atoms with Gasteiger partial charge in [0.25, 0.3) is 0 Å². The highest BCUT2D eigenvalue weighted by atomic mass is 35.5. The normalized spacial score (nSPS) is 17.2. The molecule has 0 radical (unpaired) electrons. The summed E-state index contributed by atoms with van der Waals surface area (Å²) in [6.45, 7) is 3.71. The van der Waals surface area contributed by atoms with Crippen LogP contribution in [0, 0.1) is 19.7 Å². The topological polar surface area (TPSA) is 29.4 Å². The lowest BCUT2D eigenvalue weighted by Gasteiger charge is -2.39. The number of aliphatic imine (C=N–C) groups is 1. The van der Waals surface area contributed by atoms with Gasteiger partial charge in [0.05, 0.1) is 10.6 Å². The van der Waals surface area contributed by atoms with Crippen LogP contribution in [0.3, 0.4) is 0 Å². The van der Waals surface area contributed by atoms with E-state index >= 15 is 0 Å². The molecule has 0 amide bonds. The van der Waals surface area contributed by atoms with E-state index in [-0.39, 0.29) is 5.02 Å². The molecule has 0 bridgehead atoms. The monoisotopic (exact) mass is 253 g/mol. The molecule has 0 aliphatic heterocycles. The molecule has 0 unspecified atom stereocenters. The van der Waals surface area contributed by atoms with E-state index in [4.69, 9.17) is 11.6 Å². The Hall–Kier alpha value is -1.18. The summed E-state index contributed by atoms with van der Waals surface area (Å²) in [7, 11) is 0. The molecule has 4 heteroatoms. The van der Waals surface area contributed by atoms with E-state index in [1.54, 1.807) is 6.08 Å². The van der Waals surface area contributed by atoms with Gasteiger partial charge in [-0.2, -0.15) is 4.99 Å². The number of rotatable bonds is 2. The maximum atomic E-state index is 13.7. The summed E-state index contributed by atoms with van der Waals surface area (Å²) in [6, 6.07) is 1.41. The predicted molar refractivity (Wildman–Crippen MR) is 64.5 cm³/mol. The van der Waals surface area contributed by atoms with E-state index in [0.717, 1.165) is 30.4 Å². The van der Waals surface area contributed by atoms with Gasteiger partial charge in [0.1, 0.15) is 5.82 Å². The molecule has 1 fully saturated rings. The smallest absolute Gasteiger partial charge is 0.211 e. The number of nitrogens with zero attached hydrogens (tertiary/aromatic N) is 1. The number of halogens is 2. The van der Waals surface area contributed by atoms with Crippen LogP contribution in [0.15, 0.2) is 11.1 Å². The average Bonchev–Trinajstić information content (AvgIpc) is 2.23. The van der Waals surface area contributed by atoms with E-state index in [0.29, 0.717) is 5.56 Å². The second-order valence-corrected chi connectivity index (χ2v) is 4.96. The van der Waals surface area contributed by atoms with Crippen molar-refractivity contribution in [1.82, 2.24) is 0 Å². The zero-order valence-electron chi connectivity index (χ0n) is 9.81. The van der Waals surface area contributed by atoms with Crippen LogP contribution in [0.25, 0.3) is 0 Å². The lowest BCUT2D eigenvalue weighted by atomic mass is 9.70. The van der Waals surface area contributed by atoms with Crippen molar-refractivity contribution in [3.05, 3.63) is 33.6 Å². The largest absolute Gasteiger partial charge is 0.235 e. The summed E-state index contributed by atoms with van der Waals surface area (Å²) in [6.07, 6.45) is 4.02. The van der Waals surface area contributed by atoms with Crippen LogP contribution in [0.1, 0.15) is 36.0 Å².